The Bertz CT molecular complexity index is 1820. The average Bonchev–Trinajstić information content (AvgIpc) is 3.72. The van der Waals surface area contributed by atoms with Crippen LogP contribution in [0.1, 0.15) is 48.3 Å². The molecule has 0 amide bonds. The molecule has 0 radical (unpaired) electrons. The van der Waals surface area contributed by atoms with E-state index in [4.69, 9.17) is 18.9 Å². The number of aromatic amines is 1. The monoisotopic (exact) mass is 594 g/mol. The molecule has 0 saturated carbocycles. The van der Waals surface area contributed by atoms with Gasteiger partial charge in [0.15, 0.2) is 28.8 Å². The third kappa shape index (κ3) is 5.83. The summed E-state index contributed by atoms with van der Waals surface area (Å²) in [5, 5.41) is 13.9. The van der Waals surface area contributed by atoms with E-state index < -0.39 is 0 Å². The lowest BCUT2D eigenvalue weighted by atomic mass is 10.0. The summed E-state index contributed by atoms with van der Waals surface area (Å²) in [7, 11) is 0. The average molecular weight is 595 g/mol. The molecule has 4 heterocycles. The molecule has 2 aliphatic rings. The Balaban J connectivity index is 1.24. The van der Waals surface area contributed by atoms with Gasteiger partial charge in [0, 0.05) is 36.7 Å². The van der Waals surface area contributed by atoms with Gasteiger partial charge in [0.25, 0.3) is 5.56 Å². The predicted octanol–water partition coefficient (Wildman–Crippen LogP) is 4.80. The van der Waals surface area contributed by atoms with E-state index in [0.29, 0.717) is 55.4 Å². The Morgan fingerprint density at radius 3 is 2.52 bits per heavy atom. The number of tetrazole rings is 1. The number of hydrogen-bond donors (Lipinski definition) is 1. The maximum absolute atomic E-state index is 13.5. The van der Waals surface area contributed by atoms with Crippen LogP contribution in [-0.2, 0) is 26.1 Å². The maximum Gasteiger partial charge on any atom is 0.252 e. The number of hydrogen-bond acceptors (Lipinski definition) is 9. The second kappa shape index (κ2) is 12.4. The van der Waals surface area contributed by atoms with Crippen LogP contribution in [0.2, 0.25) is 0 Å². The highest BCUT2D eigenvalue weighted by Gasteiger charge is 2.28. The first-order valence-corrected chi connectivity index (χ1v) is 15.0. The third-order valence-corrected chi connectivity index (χ3v) is 8.10. The van der Waals surface area contributed by atoms with Crippen LogP contribution in [-0.4, -0.2) is 50.1 Å². The summed E-state index contributed by atoms with van der Waals surface area (Å²) in [4.78, 5) is 18.8. The summed E-state index contributed by atoms with van der Waals surface area (Å²) >= 11 is 0. The fraction of sp³-hybridized carbons (Fsp3) is 0.333. The quantitative estimate of drug-likeness (QED) is 0.230. The van der Waals surface area contributed by atoms with Crippen LogP contribution in [0, 0.1) is 0 Å². The number of pyridine rings is 1. The van der Waals surface area contributed by atoms with Crippen LogP contribution in [0.15, 0.2) is 71.5 Å². The normalized spacial score (nSPS) is 14.3. The molecule has 0 fully saturated rings. The lowest BCUT2D eigenvalue weighted by molar-refractivity contribution is 0.155. The van der Waals surface area contributed by atoms with E-state index in [1.54, 1.807) is 0 Å². The second-order valence-electron chi connectivity index (χ2n) is 11.1. The van der Waals surface area contributed by atoms with Crippen molar-refractivity contribution >= 4 is 10.9 Å². The smallest absolute Gasteiger partial charge is 0.252 e. The van der Waals surface area contributed by atoms with Crippen LogP contribution in [0.3, 0.4) is 0 Å². The minimum absolute atomic E-state index is 0.147. The van der Waals surface area contributed by atoms with Crippen LogP contribution in [0.5, 0.6) is 23.0 Å². The molecule has 5 aromatic rings. The van der Waals surface area contributed by atoms with Crippen molar-refractivity contribution in [3.05, 3.63) is 99.6 Å². The minimum atomic E-state index is -0.149. The van der Waals surface area contributed by atoms with E-state index in [1.807, 2.05) is 59.3 Å². The number of ether oxygens (including phenoxy) is 4. The number of benzene rings is 3. The van der Waals surface area contributed by atoms with E-state index in [-0.39, 0.29) is 18.4 Å². The summed E-state index contributed by atoms with van der Waals surface area (Å²) in [5.41, 5.74) is 3.45. The maximum atomic E-state index is 13.5. The molecule has 0 bridgehead atoms. The highest BCUT2D eigenvalue weighted by Crippen LogP contribution is 2.36. The van der Waals surface area contributed by atoms with Gasteiger partial charge in [-0.3, -0.25) is 9.69 Å². The van der Waals surface area contributed by atoms with Crippen molar-refractivity contribution in [2.75, 3.05) is 20.0 Å². The van der Waals surface area contributed by atoms with Gasteiger partial charge in [-0.15, -0.1) is 5.10 Å². The highest BCUT2D eigenvalue weighted by atomic mass is 16.7. The summed E-state index contributed by atoms with van der Waals surface area (Å²) in [6.07, 6.45) is 2.52. The van der Waals surface area contributed by atoms with Gasteiger partial charge >= 0.3 is 0 Å². The van der Waals surface area contributed by atoms with Gasteiger partial charge in [-0.05, 0) is 58.7 Å². The van der Waals surface area contributed by atoms with Crippen LogP contribution < -0.4 is 24.5 Å². The molecule has 7 rings (SSSR count). The van der Waals surface area contributed by atoms with Crippen molar-refractivity contribution < 1.29 is 18.9 Å². The molecule has 3 aromatic carbocycles. The first-order chi connectivity index (χ1) is 21.6. The van der Waals surface area contributed by atoms with Gasteiger partial charge in [-0.1, -0.05) is 49.7 Å². The molecule has 11 heteroatoms. The standard InChI is InChI=1S/C33H34N6O5/c1-2-6-27(32-35-36-37-39(32)12-11-22-7-4-3-5-8-22)38(19-23-9-10-28-29(15-23)44-21-43-28)20-25-16-24-17-30-31(42-14-13-41-30)18-26(24)34-33(25)40/h3-5,7-10,15-18,27H,2,6,11-14,19-21H2,1H3,(H,34,40). The zero-order chi connectivity index (χ0) is 29.9. The topological polar surface area (TPSA) is 117 Å². The number of H-pyrrole nitrogens is 1. The van der Waals surface area contributed by atoms with Gasteiger partial charge in [0.1, 0.15) is 13.2 Å². The van der Waals surface area contributed by atoms with Gasteiger partial charge in [-0.25, -0.2) is 4.68 Å². The first-order valence-electron chi connectivity index (χ1n) is 15.0. The summed E-state index contributed by atoms with van der Waals surface area (Å²) in [6.45, 7) is 4.92. The van der Waals surface area contributed by atoms with Gasteiger partial charge < -0.3 is 23.9 Å². The SMILES string of the molecule is CCCC(c1nnnn1CCc1ccccc1)N(Cc1ccc2c(c1)OCO2)Cc1cc2cc3c(cc2[nH]c1=O)OCCO3. The third-order valence-electron chi connectivity index (χ3n) is 8.10. The van der Waals surface area contributed by atoms with Gasteiger partial charge in [0.2, 0.25) is 6.79 Å². The van der Waals surface area contributed by atoms with Crippen LogP contribution in [0.4, 0.5) is 0 Å². The number of nitrogens with zero attached hydrogens (tertiary/aromatic N) is 5. The Kier molecular flexibility index (Phi) is 7.85. The molecule has 1 atom stereocenters. The fourth-order valence-electron chi connectivity index (χ4n) is 5.91. The molecule has 0 saturated heterocycles. The Hall–Kier alpha value is -4.90. The van der Waals surface area contributed by atoms with Crippen molar-refractivity contribution in [2.24, 2.45) is 0 Å². The molecular formula is C33H34N6O5. The van der Waals surface area contributed by atoms with Crippen molar-refractivity contribution in [2.45, 2.75) is 51.9 Å². The molecule has 0 spiro atoms. The molecule has 1 N–H and O–H groups in total. The molecule has 11 nitrogen and oxygen atoms in total. The lowest BCUT2D eigenvalue weighted by Crippen LogP contribution is -2.32. The lowest BCUT2D eigenvalue weighted by Gasteiger charge is -2.31. The summed E-state index contributed by atoms with van der Waals surface area (Å²) in [6, 6.07) is 21.9. The predicted molar refractivity (Wildman–Crippen MR) is 163 cm³/mol. The van der Waals surface area contributed by atoms with Crippen molar-refractivity contribution in [1.82, 2.24) is 30.1 Å². The second-order valence-corrected chi connectivity index (χ2v) is 11.1. The molecule has 226 valence electrons. The molecule has 2 aliphatic heterocycles. The van der Waals surface area contributed by atoms with Crippen molar-refractivity contribution in [3.8, 4) is 23.0 Å². The van der Waals surface area contributed by atoms with E-state index >= 15 is 0 Å². The van der Waals surface area contributed by atoms with Gasteiger partial charge in [-0.2, -0.15) is 0 Å². The van der Waals surface area contributed by atoms with Gasteiger partial charge in [0.05, 0.1) is 11.6 Å². The molecular weight excluding hydrogens is 560 g/mol. The van der Waals surface area contributed by atoms with Crippen LogP contribution in [0.25, 0.3) is 10.9 Å². The Morgan fingerprint density at radius 1 is 0.886 bits per heavy atom. The summed E-state index contributed by atoms with van der Waals surface area (Å²) in [5.74, 6) is 3.55. The van der Waals surface area contributed by atoms with E-state index in [2.05, 4.69) is 44.5 Å². The molecule has 2 aromatic heterocycles. The number of aryl methyl sites for hydroxylation is 2. The Morgan fingerprint density at radius 2 is 1.68 bits per heavy atom. The summed E-state index contributed by atoms with van der Waals surface area (Å²) < 4.78 is 24.7. The first kappa shape index (κ1) is 27.9. The number of fused-ring (bicyclic) bond motifs is 3. The number of rotatable bonds is 11. The van der Waals surface area contributed by atoms with Crippen molar-refractivity contribution in [3.63, 3.8) is 0 Å². The zero-order valence-electron chi connectivity index (χ0n) is 24.6. The molecule has 1 unspecified atom stereocenters. The van der Waals surface area contributed by atoms with E-state index in [9.17, 15) is 4.79 Å². The fourth-order valence-corrected chi connectivity index (χ4v) is 5.91. The zero-order valence-corrected chi connectivity index (χ0v) is 24.6. The molecule has 0 aliphatic carbocycles. The number of aromatic nitrogens is 5. The molecule has 44 heavy (non-hydrogen) atoms. The van der Waals surface area contributed by atoms with E-state index in [1.165, 1.54) is 5.56 Å². The minimum Gasteiger partial charge on any atom is -0.486 e. The number of nitrogens with one attached hydrogen (secondary N) is 1. The largest absolute Gasteiger partial charge is 0.486 e. The van der Waals surface area contributed by atoms with E-state index in [0.717, 1.165) is 47.5 Å². The van der Waals surface area contributed by atoms with Crippen molar-refractivity contribution in [1.29, 1.82) is 0 Å². The van der Waals surface area contributed by atoms with Crippen LogP contribution >= 0.6 is 0 Å². The Labute approximate surface area is 254 Å². The highest BCUT2D eigenvalue weighted by molar-refractivity contribution is 5.83.